The van der Waals surface area contributed by atoms with Crippen LogP contribution in [-0.4, -0.2) is 30.5 Å². The molecule has 1 amide bonds. The minimum Gasteiger partial charge on any atom is -0.493 e. The van der Waals surface area contributed by atoms with Crippen LogP contribution in [0.4, 0.5) is 4.39 Å². The summed E-state index contributed by atoms with van der Waals surface area (Å²) in [6.07, 6.45) is 1.76. The van der Waals surface area contributed by atoms with Gasteiger partial charge in [-0.2, -0.15) is 0 Å². The molecule has 4 rings (SSSR count). The van der Waals surface area contributed by atoms with Crippen LogP contribution in [0, 0.1) is 5.82 Å². The number of ether oxygens (including phenoxy) is 1. The molecular weight excluding hydrogens is 353 g/mol. The van der Waals surface area contributed by atoms with Gasteiger partial charge in [0.05, 0.1) is 12.2 Å². The molecule has 144 valence electrons. The summed E-state index contributed by atoms with van der Waals surface area (Å²) >= 11 is 0. The Labute approximate surface area is 164 Å². The van der Waals surface area contributed by atoms with Crippen molar-refractivity contribution >= 4 is 16.7 Å². The first-order valence-electron chi connectivity index (χ1n) is 9.86. The van der Waals surface area contributed by atoms with Crippen LogP contribution in [0.25, 0.3) is 10.8 Å². The SMILES string of the molecule is CCOc1ccc2ccccc2c1C(=O)N1CCC(c2ccc(F)cc2)CC1. The van der Waals surface area contributed by atoms with E-state index in [2.05, 4.69) is 0 Å². The number of rotatable bonds is 4. The molecule has 1 heterocycles. The van der Waals surface area contributed by atoms with E-state index in [4.69, 9.17) is 4.74 Å². The van der Waals surface area contributed by atoms with Crippen LogP contribution in [0.2, 0.25) is 0 Å². The number of halogens is 1. The first-order valence-corrected chi connectivity index (χ1v) is 9.86. The molecule has 3 nitrogen and oxygen atoms in total. The van der Waals surface area contributed by atoms with E-state index in [0.29, 0.717) is 36.9 Å². The summed E-state index contributed by atoms with van der Waals surface area (Å²) in [6.45, 7) is 3.83. The number of amides is 1. The van der Waals surface area contributed by atoms with Gasteiger partial charge in [0.1, 0.15) is 11.6 Å². The summed E-state index contributed by atoms with van der Waals surface area (Å²) in [5.74, 6) is 0.823. The highest BCUT2D eigenvalue weighted by Crippen LogP contribution is 2.33. The minimum absolute atomic E-state index is 0.0257. The van der Waals surface area contributed by atoms with Crippen molar-refractivity contribution in [1.29, 1.82) is 0 Å². The Kier molecular flexibility index (Phi) is 5.29. The van der Waals surface area contributed by atoms with Crippen molar-refractivity contribution in [3.8, 4) is 5.75 Å². The summed E-state index contributed by atoms with van der Waals surface area (Å²) in [5.41, 5.74) is 1.80. The quantitative estimate of drug-likeness (QED) is 0.609. The van der Waals surface area contributed by atoms with Crippen molar-refractivity contribution in [1.82, 2.24) is 4.90 Å². The molecule has 0 bridgehead atoms. The molecule has 0 aromatic heterocycles. The standard InChI is InChI=1S/C24H24FNO2/c1-2-28-22-12-9-19-5-3-4-6-21(19)23(22)24(27)26-15-13-18(14-16-26)17-7-10-20(25)11-8-17/h3-12,18H,2,13-16H2,1H3. The zero-order valence-electron chi connectivity index (χ0n) is 16.0. The third-order valence-corrected chi connectivity index (χ3v) is 5.53. The lowest BCUT2D eigenvalue weighted by Gasteiger charge is -2.33. The van der Waals surface area contributed by atoms with Gasteiger partial charge in [0, 0.05) is 13.1 Å². The average Bonchev–Trinajstić information content (AvgIpc) is 2.74. The number of likely N-dealkylation sites (tertiary alicyclic amines) is 1. The molecule has 0 spiro atoms. The monoisotopic (exact) mass is 377 g/mol. The van der Waals surface area contributed by atoms with E-state index in [9.17, 15) is 9.18 Å². The van der Waals surface area contributed by atoms with Crippen molar-refractivity contribution in [3.63, 3.8) is 0 Å². The summed E-state index contributed by atoms with van der Waals surface area (Å²) in [4.78, 5) is 15.3. The van der Waals surface area contributed by atoms with E-state index in [-0.39, 0.29) is 11.7 Å². The van der Waals surface area contributed by atoms with Crippen molar-refractivity contribution in [2.75, 3.05) is 19.7 Å². The topological polar surface area (TPSA) is 29.5 Å². The number of hydrogen-bond donors (Lipinski definition) is 0. The molecule has 28 heavy (non-hydrogen) atoms. The highest BCUT2D eigenvalue weighted by atomic mass is 19.1. The lowest BCUT2D eigenvalue weighted by Crippen LogP contribution is -2.38. The Balaban J connectivity index is 1.57. The molecule has 0 saturated carbocycles. The van der Waals surface area contributed by atoms with Crippen molar-refractivity contribution in [2.45, 2.75) is 25.7 Å². The largest absolute Gasteiger partial charge is 0.493 e. The summed E-state index contributed by atoms with van der Waals surface area (Å²) < 4.78 is 18.9. The van der Waals surface area contributed by atoms with Gasteiger partial charge in [0.15, 0.2) is 0 Å². The van der Waals surface area contributed by atoms with Gasteiger partial charge in [0.25, 0.3) is 5.91 Å². The molecular formula is C24H24FNO2. The fourth-order valence-corrected chi connectivity index (χ4v) is 4.06. The lowest BCUT2D eigenvalue weighted by atomic mass is 9.89. The zero-order chi connectivity index (χ0) is 19.5. The average molecular weight is 377 g/mol. The second kappa shape index (κ2) is 8.01. The van der Waals surface area contributed by atoms with Gasteiger partial charge in [-0.3, -0.25) is 4.79 Å². The summed E-state index contributed by atoms with van der Waals surface area (Å²) in [7, 11) is 0. The molecule has 0 radical (unpaired) electrons. The number of fused-ring (bicyclic) bond motifs is 1. The van der Waals surface area contributed by atoms with Crippen LogP contribution >= 0.6 is 0 Å². The maximum absolute atomic E-state index is 13.4. The van der Waals surface area contributed by atoms with Crippen LogP contribution in [0.1, 0.15) is 41.6 Å². The fraction of sp³-hybridized carbons (Fsp3) is 0.292. The predicted molar refractivity (Wildman–Crippen MR) is 109 cm³/mol. The lowest BCUT2D eigenvalue weighted by molar-refractivity contribution is 0.0711. The fourth-order valence-electron chi connectivity index (χ4n) is 4.06. The Morgan fingerprint density at radius 3 is 2.46 bits per heavy atom. The first kappa shape index (κ1) is 18.5. The van der Waals surface area contributed by atoms with Crippen LogP contribution < -0.4 is 4.74 Å². The number of benzene rings is 3. The van der Waals surface area contributed by atoms with E-state index in [1.165, 1.54) is 12.1 Å². The van der Waals surface area contributed by atoms with Crippen molar-refractivity contribution < 1.29 is 13.9 Å². The van der Waals surface area contributed by atoms with Gasteiger partial charge >= 0.3 is 0 Å². The van der Waals surface area contributed by atoms with Gasteiger partial charge < -0.3 is 9.64 Å². The third kappa shape index (κ3) is 3.59. The maximum atomic E-state index is 13.4. The van der Waals surface area contributed by atoms with Crippen molar-refractivity contribution in [2.24, 2.45) is 0 Å². The van der Waals surface area contributed by atoms with E-state index in [0.717, 1.165) is 29.2 Å². The van der Waals surface area contributed by atoms with Crippen molar-refractivity contribution in [3.05, 3.63) is 77.6 Å². The Bertz CT molecular complexity index is 976. The number of piperidine rings is 1. The van der Waals surface area contributed by atoms with Gasteiger partial charge in [-0.15, -0.1) is 0 Å². The summed E-state index contributed by atoms with van der Waals surface area (Å²) in [6, 6.07) is 18.6. The van der Waals surface area contributed by atoms with Crippen LogP contribution in [-0.2, 0) is 0 Å². The molecule has 1 fully saturated rings. The van der Waals surface area contributed by atoms with E-state index < -0.39 is 0 Å². The number of carbonyl (C=O) groups is 1. The molecule has 0 aliphatic carbocycles. The normalized spacial score (nSPS) is 15.0. The molecule has 1 saturated heterocycles. The number of carbonyl (C=O) groups excluding carboxylic acids is 1. The first-order chi connectivity index (χ1) is 13.7. The molecule has 3 aromatic rings. The minimum atomic E-state index is -0.212. The smallest absolute Gasteiger partial charge is 0.258 e. The van der Waals surface area contributed by atoms with E-state index in [1.807, 2.05) is 60.4 Å². The van der Waals surface area contributed by atoms with Crippen LogP contribution in [0.5, 0.6) is 5.75 Å². The molecule has 0 atom stereocenters. The molecule has 1 aliphatic rings. The maximum Gasteiger partial charge on any atom is 0.258 e. The van der Waals surface area contributed by atoms with Crippen LogP contribution in [0.3, 0.4) is 0 Å². The Morgan fingerprint density at radius 2 is 1.75 bits per heavy atom. The van der Waals surface area contributed by atoms with Gasteiger partial charge in [-0.25, -0.2) is 4.39 Å². The number of hydrogen-bond acceptors (Lipinski definition) is 2. The van der Waals surface area contributed by atoms with E-state index >= 15 is 0 Å². The Hall–Kier alpha value is -2.88. The van der Waals surface area contributed by atoms with Gasteiger partial charge in [-0.1, -0.05) is 42.5 Å². The Morgan fingerprint density at radius 1 is 1.04 bits per heavy atom. The molecule has 3 aromatic carbocycles. The second-order valence-corrected chi connectivity index (χ2v) is 7.21. The zero-order valence-corrected chi connectivity index (χ0v) is 16.0. The van der Waals surface area contributed by atoms with Gasteiger partial charge in [-0.05, 0) is 60.2 Å². The molecule has 1 aliphatic heterocycles. The molecule has 0 N–H and O–H groups in total. The van der Waals surface area contributed by atoms with E-state index in [1.54, 1.807) is 0 Å². The predicted octanol–water partition coefficient (Wildman–Crippen LogP) is 5.40. The number of nitrogens with zero attached hydrogens (tertiary/aromatic N) is 1. The van der Waals surface area contributed by atoms with Gasteiger partial charge in [0.2, 0.25) is 0 Å². The summed E-state index contributed by atoms with van der Waals surface area (Å²) in [5, 5.41) is 1.97. The highest BCUT2D eigenvalue weighted by molar-refractivity contribution is 6.09. The third-order valence-electron chi connectivity index (χ3n) is 5.53. The highest BCUT2D eigenvalue weighted by Gasteiger charge is 2.27. The second-order valence-electron chi connectivity index (χ2n) is 7.21. The molecule has 0 unspecified atom stereocenters. The molecule has 4 heteroatoms. The van der Waals surface area contributed by atoms with Crippen LogP contribution in [0.15, 0.2) is 60.7 Å².